The standard InChI is InChI=1S/C15H20O/c1-10-5-8-12(15(2,3)4)9-13(10)14(16)11-6-7-11/h5,8-9,11H,6-7H2,1-4H3. The highest BCUT2D eigenvalue weighted by Gasteiger charge is 2.31. The summed E-state index contributed by atoms with van der Waals surface area (Å²) in [7, 11) is 0. The molecule has 0 aromatic heterocycles. The number of hydrogen-bond acceptors (Lipinski definition) is 1. The summed E-state index contributed by atoms with van der Waals surface area (Å²) in [6.07, 6.45) is 2.16. The fourth-order valence-electron chi connectivity index (χ4n) is 1.92. The zero-order chi connectivity index (χ0) is 11.9. The number of hydrogen-bond donors (Lipinski definition) is 0. The van der Waals surface area contributed by atoms with Crippen LogP contribution < -0.4 is 0 Å². The minimum absolute atomic E-state index is 0.117. The largest absolute Gasteiger partial charge is 0.294 e. The molecule has 1 saturated carbocycles. The van der Waals surface area contributed by atoms with Crippen LogP contribution in [0.4, 0.5) is 0 Å². The Morgan fingerprint density at radius 3 is 2.38 bits per heavy atom. The molecule has 0 radical (unpaired) electrons. The van der Waals surface area contributed by atoms with Gasteiger partial charge in [0.2, 0.25) is 0 Å². The second kappa shape index (κ2) is 3.73. The van der Waals surface area contributed by atoms with Crippen LogP contribution in [0.5, 0.6) is 0 Å². The van der Waals surface area contributed by atoms with Crippen LogP contribution in [0.15, 0.2) is 18.2 Å². The minimum atomic E-state index is 0.117. The predicted octanol–water partition coefficient (Wildman–Crippen LogP) is 3.89. The Labute approximate surface area is 97.9 Å². The Morgan fingerprint density at radius 2 is 1.88 bits per heavy atom. The van der Waals surface area contributed by atoms with E-state index in [2.05, 4.69) is 39.0 Å². The van der Waals surface area contributed by atoms with Crippen molar-refractivity contribution in [2.75, 3.05) is 0 Å². The third-order valence-corrected chi connectivity index (χ3v) is 3.32. The van der Waals surface area contributed by atoms with E-state index >= 15 is 0 Å². The fourth-order valence-corrected chi connectivity index (χ4v) is 1.92. The quantitative estimate of drug-likeness (QED) is 0.685. The van der Waals surface area contributed by atoms with Gasteiger partial charge in [-0.15, -0.1) is 0 Å². The van der Waals surface area contributed by atoms with E-state index in [9.17, 15) is 4.79 Å². The van der Waals surface area contributed by atoms with Gasteiger partial charge < -0.3 is 0 Å². The summed E-state index contributed by atoms with van der Waals surface area (Å²) in [6.45, 7) is 8.58. The van der Waals surface area contributed by atoms with E-state index in [1.165, 1.54) is 5.56 Å². The second-order valence-electron chi connectivity index (χ2n) is 5.92. The Balaban J connectivity index is 2.40. The van der Waals surface area contributed by atoms with Crippen molar-refractivity contribution in [2.24, 2.45) is 5.92 Å². The highest BCUT2D eigenvalue weighted by Crippen LogP contribution is 2.34. The first-order valence-corrected chi connectivity index (χ1v) is 6.05. The van der Waals surface area contributed by atoms with Crippen molar-refractivity contribution in [1.82, 2.24) is 0 Å². The lowest BCUT2D eigenvalue weighted by Crippen LogP contribution is -2.13. The van der Waals surface area contributed by atoms with Crippen LogP contribution in [-0.4, -0.2) is 5.78 Å². The van der Waals surface area contributed by atoms with Crippen LogP contribution >= 0.6 is 0 Å². The molecule has 0 heterocycles. The lowest BCUT2D eigenvalue weighted by molar-refractivity contribution is 0.0967. The van der Waals surface area contributed by atoms with Gasteiger partial charge in [-0.2, -0.15) is 0 Å². The number of rotatable bonds is 2. The SMILES string of the molecule is Cc1ccc(C(C)(C)C)cc1C(=O)C1CC1. The van der Waals surface area contributed by atoms with Crippen LogP contribution in [0.2, 0.25) is 0 Å². The Morgan fingerprint density at radius 1 is 1.25 bits per heavy atom. The zero-order valence-corrected chi connectivity index (χ0v) is 10.6. The van der Waals surface area contributed by atoms with Gasteiger partial charge in [-0.1, -0.05) is 32.9 Å². The molecule has 1 aliphatic carbocycles. The Kier molecular flexibility index (Phi) is 2.65. The summed E-state index contributed by atoms with van der Waals surface area (Å²) in [4.78, 5) is 12.1. The number of Topliss-reactive ketones (excluding diaryl/α,β-unsaturated/α-hetero) is 1. The molecule has 0 spiro atoms. The molecule has 16 heavy (non-hydrogen) atoms. The van der Waals surface area contributed by atoms with Crippen molar-refractivity contribution in [2.45, 2.75) is 46.0 Å². The van der Waals surface area contributed by atoms with Gasteiger partial charge >= 0.3 is 0 Å². The molecule has 0 N–H and O–H groups in total. The number of carbonyl (C=O) groups excluding carboxylic acids is 1. The van der Waals surface area contributed by atoms with Gasteiger partial charge in [0.1, 0.15) is 0 Å². The highest BCUT2D eigenvalue weighted by molar-refractivity contribution is 6.00. The molecule has 0 unspecified atom stereocenters. The maximum atomic E-state index is 12.1. The molecule has 1 aromatic rings. The molecular formula is C15H20O. The Hall–Kier alpha value is -1.11. The van der Waals surface area contributed by atoms with Crippen LogP contribution in [-0.2, 0) is 5.41 Å². The third kappa shape index (κ3) is 2.18. The van der Waals surface area contributed by atoms with Gasteiger partial charge in [-0.05, 0) is 42.4 Å². The van der Waals surface area contributed by atoms with Gasteiger partial charge in [0.15, 0.2) is 5.78 Å². The number of benzene rings is 1. The van der Waals surface area contributed by atoms with Crippen molar-refractivity contribution in [3.05, 3.63) is 34.9 Å². The van der Waals surface area contributed by atoms with E-state index in [4.69, 9.17) is 0 Å². The molecule has 0 atom stereocenters. The first-order chi connectivity index (χ1) is 7.39. The molecule has 86 valence electrons. The smallest absolute Gasteiger partial charge is 0.166 e. The highest BCUT2D eigenvalue weighted by atomic mass is 16.1. The molecule has 1 aliphatic rings. The van der Waals surface area contributed by atoms with E-state index in [0.717, 1.165) is 24.0 Å². The van der Waals surface area contributed by atoms with Gasteiger partial charge in [0.05, 0.1) is 0 Å². The van der Waals surface area contributed by atoms with Crippen molar-refractivity contribution < 1.29 is 4.79 Å². The van der Waals surface area contributed by atoms with Crippen molar-refractivity contribution >= 4 is 5.78 Å². The fraction of sp³-hybridized carbons (Fsp3) is 0.533. The van der Waals surface area contributed by atoms with E-state index in [-0.39, 0.29) is 5.41 Å². The summed E-state index contributed by atoms with van der Waals surface area (Å²) in [5.74, 6) is 0.664. The molecule has 0 aliphatic heterocycles. The molecule has 1 aromatic carbocycles. The van der Waals surface area contributed by atoms with Crippen molar-refractivity contribution in [3.8, 4) is 0 Å². The predicted molar refractivity (Wildman–Crippen MR) is 66.9 cm³/mol. The van der Waals surface area contributed by atoms with Crippen molar-refractivity contribution in [3.63, 3.8) is 0 Å². The van der Waals surface area contributed by atoms with Gasteiger partial charge in [-0.3, -0.25) is 4.79 Å². The summed E-state index contributed by atoms with van der Waals surface area (Å²) < 4.78 is 0. The van der Waals surface area contributed by atoms with Crippen LogP contribution in [0.1, 0.15) is 55.1 Å². The average Bonchev–Trinajstić information content (AvgIpc) is 2.98. The maximum Gasteiger partial charge on any atom is 0.166 e. The first-order valence-electron chi connectivity index (χ1n) is 6.05. The average molecular weight is 216 g/mol. The third-order valence-electron chi connectivity index (χ3n) is 3.32. The second-order valence-corrected chi connectivity index (χ2v) is 5.92. The van der Waals surface area contributed by atoms with Crippen LogP contribution in [0.25, 0.3) is 0 Å². The van der Waals surface area contributed by atoms with Gasteiger partial charge in [0.25, 0.3) is 0 Å². The van der Waals surface area contributed by atoms with Gasteiger partial charge in [-0.25, -0.2) is 0 Å². The number of ketones is 1. The molecule has 0 amide bonds. The molecular weight excluding hydrogens is 196 g/mol. The number of aryl methyl sites for hydroxylation is 1. The van der Waals surface area contributed by atoms with E-state index < -0.39 is 0 Å². The normalized spacial score (nSPS) is 16.2. The monoisotopic (exact) mass is 216 g/mol. The topological polar surface area (TPSA) is 17.1 Å². The summed E-state index contributed by atoms with van der Waals surface area (Å²) >= 11 is 0. The molecule has 0 saturated heterocycles. The molecule has 1 nitrogen and oxygen atoms in total. The zero-order valence-electron chi connectivity index (χ0n) is 10.6. The summed E-state index contributed by atoms with van der Waals surface area (Å²) in [5, 5.41) is 0. The molecule has 0 bridgehead atoms. The van der Waals surface area contributed by atoms with E-state index in [0.29, 0.717) is 11.7 Å². The van der Waals surface area contributed by atoms with Crippen LogP contribution in [0, 0.1) is 12.8 Å². The summed E-state index contributed by atoms with van der Waals surface area (Å²) in [6, 6.07) is 6.31. The summed E-state index contributed by atoms with van der Waals surface area (Å²) in [5.41, 5.74) is 3.42. The maximum absolute atomic E-state index is 12.1. The molecule has 2 rings (SSSR count). The van der Waals surface area contributed by atoms with Crippen LogP contribution in [0.3, 0.4) is 0 Å². The number of carbonyl (C=O) groups is 1. The van der Waals surface area contributed by atoms with Gasteiger partial charge in [0, 0.05) is 11.5 Å². The van der Waals surface area contributed by atoms with E-state index in [1.807, 2.05) is 6.92 Å². The molecule has 1 heteroatoms. The van der Waals surface area contributed by atoms with E-state index in [1.54, 1.807) is 0 Å². The molecule has 1 fully saturated rings. The lowest BCUT2D eigenvalue weighted by atomic mass is 9.84. The minimum Gasteiger partial charge on any atom is -0.294 e. The first kappa shape index (κ1) is 11.4. The Bertz CT molecular complexity index is 420. The van der Waals surface area contributed by atoms with Crippen molar-refractivity contribution in [1.29, 1.82) is 0 Å². The lowest BCUT2D eigenvalue weighted by Gasteiger charge is -2.20.